The lowest BCUT2D eigenvalue weighted by Gasteiger charge is -2.43. The molecule has 10 rings (SSSR count). The van der Waals surface area contributed by atoms with Gasteiger partial charge < -0.3 is 14.2 Å². The zero-order valence-corrected chi connectivity index (χ0v) is 21.8. The number of nitrogens with zero attached hydrogens (tertiary/aromatic N) is 2. The molecule has 5 heteroatoms. The third-order valence-corrected chi connectivity index (χ3v) is 9.02. The van der Waals surface area contributed by atoms with E-state index in [4.69, 9.17) is 4.74 Å². The van der Waals surface area contributed by atoms with Crippen LogP contribution in [0.5, 0.6) is 11.5 Å². The van der Waals surface area contributed by atoms with E-state index in [1.807, 2.05) is 30.3 Å². The summed E-state index contributed by atoms with van der Waals surface area (Å²) in [5.74, 6) is 1.42. The fourth-order valence-corrected chi connectivity index (χ4v) is 7.46. The minimum atomic E-state index is -0.228. The first-order valence-electron chi connectivity index (χ1n) is 13.9. The Balaban J connectivity index is 1.43. The minimum Gasteiger partial charge on any atom is -0.453 e. The predicted octanol–water partition coefficient (Wildman–Crippen LogP) is 7.31. The van der Waals surface area contributed by atoms with Crippen molar-refractivity contribution in [2.24, 2.45) is 0 Å². The number of hydrogen-bond acceptors (Lipinski definition) is 2. The Labute approximate surface area is 235 Å². The summed E-state index contributed by atoms with van der Waals surface area (Å²) in [7, 11) is 0. The topological polar surface area (TPSA) is 17.4 Å². The van der Waals surface area contributed by atoms with Crippen LogP contribution in [-0.2, 0) is 0 Å². The molecule has 0 N–H and O–H groups in total. The Hall–Kier alpha value is -5.29. The molecule has 0 saturated carbocycles. The van der Waals surface area contributed by atoms with E-state index in [1.165, 1.54) is 32.7 Å². The minimum absolute atomic E-state index is 0.00949. The van der Waals surface area contributed by atoms with Crippen molar-refractivity contribution in [3.8, 4) is 28.3 Å². The maximum absolute atomic E-state index is 15.4. The quantitative estimate of drug-likeness (QED) is 0.209. The highest BCUT2D eigenvalue weighted by molar-refractivity contribution is 7.00. The van der Waals surface area contributed by atoms with Gasteiger partial charge in [0, 0.05) is 33.2 Å². The molecule has 0 bridgehead atoms. The van der Waals surface area contributed by atoms with Gasteiger partial charge >= 0.3 is 0 Å². The summed E-state index contributed by atoms with van der Waals surface area (Å²) in [5, 5.41) is 2.45. The van der Waals surface area contributed by atoms with E-state index in [-0.39, 0.29) is 12.5 Å². The van der Waals surface area contributed by atoms with Crippen LogP contribution in [0.1, 0.15) is 0 Å². The number of aromatic nitrogens is 1. The van der Waals surface area contributed by atoms with Gasteiger partial charge in [0.25, 0.3) is 6.71 Å². The molecule has 41 heavy (non-hydrogen) atoms. The summed E-state index contributed by atoms with van der Waals surface area (Å²) in [6.45, 7) is 0.00949. The van der Waals surface area contributed by atoms with Crippen molar-refractivity contribution in [3.05, 3.63) is 127 Å². The van der Waals surface area contributed by atoms with Gasteiger partial charge in [-0.25, -0.2) is 4.39 Å². The molecule has 0 saturated heterocycles. The second-order valence-corrected chi connectivity index (χ2v) is 11.0. The normalized spacial score (nSPS) is 13.6. The van der Waals surface area contributed by atoms with Crippen LogP contribution >= 0.6 is 0 Å². The highest BCUT2D eigenvalue weighted by Gasteiger charge is 2.45. The molecular formula is C36H20BFN2O. The highest BCUT2D eigenvalue weighted by atomic mass is 19.1. The van der Waals surface area contributed by atoms with Gasteiger partial charge in [0.15, 0.2) is 11.5 Å². The van der Waals surface area contributed by atoms with Crippen LogP contribution in [0.3, 0.4) is 0 Å². The van der Waals surface area contributed by atoms with Crippen LogP contribution in [0.4, 0.5) is 21.5 Å². The molecule has 1 aromatic heterocycles. The van der Waals surface area contributed by atoms with Crippen molar-refractivity contribution in [2.45, 2.75) is 0 Å². The Morgan fingerprint density at radius 1 is 0.610 bits per heavy atom. The van der Waals surface area contributed by atoms with E-state index >= 15 is 4.39 Å². The standard InChI is InChI=1S/C36H20BFN2O/c38-27-14-3-1-9-22(27)21-19-30-34-31(20-21)40-29-16-5-6-17-32(29)41-33-18-8-13-26(36(33)40)37(34)25-12-7-11-24-23-10-2-4-15-28(23)39(30)35(24)25/h1-20H. The lowest BCUT2D eigenvalue weighted by molar-refractivity contribution is 0.477. The Morgan fingerprint density at radius 2 is 1.34 bits per heavy atom. The summed E-state index contributed by atoms with van der Waals surface area (Å²) in [5.41, 5.74) is 11.7. The van der Waals surface area contributed by atoms with Crippen LogP contribution in [0.15, 0.2) is 121 Å². The highest BCUT2D eigenvalue weighted by Crippen LogP contribution is 2.52. The molecule has 190 valence electrons. The van der Waals surface area contributed by atoms with Gasteiger partial charge in [-0.2, -0.15) is 0 Å². The van der Waals surface area contributed by atoms with Crippen molar-refractivity contribution in [2.75, 3.05) is 4.90 Å². The van der Waals surface area contributed by atoms with E-state index in [0.29, 0.717) is 5.56 Å². The van der Waals surface area contributed by atoms with Gasteiger partial charge in [-0.15, -0.1) is 0 Å². The van der Waals surface area contributed by atoms with E-state index in [2.05, 4.69) is 88.3 Å². The first-order chi connectivity index (χ1) is 20.3. The van der Waals surface area contributed by atoms with Crippen LogP contribution in [0, 0.1) is 5.82 Å². The number of anilines is 3. The van der Waals surface area contributed by atoms with Gasteiger partial charge in [-0.1, -0.05) is 78.9 Å². The average molecular weight is 526 g/mol. The summed E-state index contributed by atoms with van der Waals surface area (Å²) in [6.07, 6.45) is 0. The number of halogens is 1. The maximum atomic E-state index is 15.4. The van der Waals surface area contributed by atoms with Crippen LogP contribution in [0.2, 0.25) is 0 Å². The SMILES string of the molecule is Fc1ccccc1-c1cc2c3c(c1)-n1c4ccccc4c4cccc(c41)B3c1cccc3c1N2c1ccccc1O3. The van der Waals surface area contributed by atoms with Crippen LogP contribution in [-0.4, -0.2) is 11.3 Å². The fourth-order valence-electron chi connectivity index (χ4n) is 7.46. The average Bonchev–Trinajstić information content (AvgIpc) is 3.36. The zero-order valence-electron chi connectivity index (χ0n) is 21.8. The molecule has 3 aliphatic rings. The Bertz CT molecular complexity index is 2290. The summed E-state index contributed by atoms with van der Waals surface area (Å²) >= 11 is 0. The van der Waals surface area contributed by atoms with Crippen molar-refractivity contribution in [3.63, 3.8) is 0 Å². The molecule has 0 atom stereocenters. The molecule has 0 unspecified atom stereocenters. The molecule has 0 aliphatic carbocycles. The number of rotatable bonds is 1. The van der Waals surface area contributed by atoms with Crippen molar-refractivity contribution < 1.29 is 9.13 Å². The largest absolute Gasteiger partial charge is 0.453 e. The zero-order chi connectivity index (χ0) is 26.8. The molecule has 0 spiro atoms. The smallest absolute Gasteiger partial charge is 0.252 e. The molecule has 7 aromatic rings. The number of para-hydroxylation sites is 5. The monoisotopic (exact) mass is 526 g/mol. The van der Waals surface area contributed by atoms with Crippen molar-refractivity contribution in [1.82, 2.24) is 4.57 Å². The van der Waals surface area contributed by atoms with Gasteiger partial charge in [0.1, 0.15) is 5.82 Å². The summed E-state index contributed by atoms with van der Waals surface area (Å²) < 4.78 is 24.3. The van der Waals surface area contributed by atoms with Gasteiger partial charge in [-0.3, -0.25) is 0 Å². The second kappa shape index (κ2) is 7.46. The van der Waals surface area contributed by atoms with Crippen LogP contribution < -0.4 is 26.0 Å². The molecule has 3 nitrogen and oxygen atoms in total. The molecule has 4 heterocycles. The van der Waals surface area contributed by atoms with Gasteiger partial charge in [-0.05, 0) is 64.4 Å². The van der Waals surface area contributed by atoms with E-state index in [9.17, 15) is 0 Å². The Morgan fingerprint density at radius 3 is 2.29 bits per heavy atom. The van der Waals surface area contributed by atoms with Crippen LogP contribution in [0.25, 0.3) is 38.6 Å². The molecule has 6 aromatic carbocycles. The maximum Gasteiger partial charge on any atom is 0.252 e. The van der Waals surface area contributed by atoms with E-state index in [0.717, 1.165) is 45.3 Å². The third kappa shape index (κ3) is 2.59. The summed E-state index contributed by atoms with van der Waals surface area (Å²) in [4.78, 5) is 2.33. The molecule has 0 fully saturated rings. The Kier molecular flexibility index (Phi) is 3.92. The van der Waals surface area contributed by atoms with Crippen molar-refractivity contribution in [1.29, 1.82) is 0 Å². The molecular weight excluding hydrogens is 506 g/mol. The molecule has 3 aliphatic heterocycles. The molecule has 0 radical (unpaired) electrons. The van der Waals surface area contributed by atoms with Gasteiger partial charge in [0.05, 0.1) is 16.9 Å². The third-order valence-electron chi connectivity index (χ3n) is 9.02. The second-order valence-electron chi connectivity index (χ2n) is 11.0. The lowest BCUT2D eigenvalue weighted by Crippen LogP contribution is -2.60. The lowest BCUT2D eigenvalue weighted by atomic mass is 9.33. The number of fused-ring (bicyclic) bond motifs is 9. The predicted molar refractivity (Wildman–Crippen MR) is 166 cm³/mol. The summed E-state index contributed by atoms with van der Waals surface area (Å²) in [6, 6.07) is 41.3. The van der Waals surface area contributed by atoms with E-state index < -0.39 is 0 Å². The fraction of sp³-hybridized carbons (Fsp3) is 0. The van der Waals surface area contributed by atoms with E-state index in [1.54, 1.807) is 12.1 Å². The van der Waals surface area contributed by atoms with Crippen molar-refractivity contribution >= 4 is 62.0 Å². The number of hydrogen-bond donors (Lipinski definition) is 0. The number of ether oxygens (including phenoxy) is 1. The number of benzene rings is 6. The first-order valence-corrected chi connectivity index (χ1v) is 13.9. The molecule has 0 amide bonds. The first kappa shape index (κ1) is 21.5. The van der Waals surface area contributed by atoms with Gasteiger partial charge in [0.2, 0.25) is 0 Å².